The van der Waals surface area contributed by atoms with Crippen LogP contribution in [0.2, 0.25) is 0 Å². The Bertz CT molecular complexity index is 988. The van der Waals surface area contributed by atoms with Gasteiger partial charge in [-0.05, 0) is 61.6 Å². The fraction of sp³-hybridized carbons (Fsp3) is 0.348. The van der Waals surface area contributed by atoms with Crippen LogP contribution in [0.25, 0.3) is 5.69 Å². The van der Waals surface area contributed by atoms with Gasteiger partial charge in [0.1, 0.15) is 5.82 Å². The molecule has 0 unspecified atom stereocenters. The number of anilines is 1. The number of benzene rings is 1. The second-order valence-electron chi connectivity index (χ2n) is 7.71. The van der Waals surface area contributed by atoms with Crippen LogP contribution in [0, 0.1) is 13.8 Å². The highest BCUT2D eigenvalue weighted by Gasteiger charge is 2.13. The Morgan fingerprint density at radius 3 is 2.57 bits per heavy atom. The van der Waals surface area contributed by atoms with E-state index >= 15 is 0 Å². The number of aryl methyl sites for hydroxylation is 2. The van der Waals surface area contributed by atoms with E-state index in [2.05, 4.69) is 52.2 Å². The third-order valence-corrected chi connectivity index (χ3v) is 6.12. The lowest BCUT2D eigenvalue weighted by Gasteiger charge is -2.16. The highest BCUT2D eigenvalue weighted by molar-refractivity contribution is 7.99. The Morgan fingerprint density at radius 2 is 1.87 bits per heavy atom. The van der Waals surface area contributed by atoms with Crippen LogP contribution in [-0.2, 0) is 11.3 Å². The van der Waals surface area contributed by atoms with E-state index in [0.717, 1.165) is 35.3 Å². The van der Waals surface area contributed by atoms with Crippen LogP contribution in [-0.4, -0.2) is 39.3 Å². The minimum absolute atomic E-state index is 0.0152. The summed E-state index contributed by atoms with van der Waals surface area (Å²) in [6.45, 7) is 6.81. The van der Waals surface area contributed by atoms with E-state index in [0.29, 0.717) is 12.3 Å². The molecule has 3 heterocycles. The quantitative estimate of drug-likeness (QED) is 0.587. The summed E-state index contributed by atoms with van der Waals surface area (Å²) in [6.07, 6.45) is 8.03. The normalized spacial score (nSPS) is 13.6. The van der Waals surface area contributed by atoms with Gasteiger partial charge in [0.15, 0.2) is 5.16 Å². The summed E-state index contributed by atoms with van der Waals surface area (Å²) in [5.41, 5.74) is 4.48. The molecule has 4 rings (SSSR count). The van der Waals surface area contributed by atoms with Gasteiger partial charge >= 0.3 is 0 Å². The van der Waals surface area contributed by atoms with Crippen molar-refractivity contribution < 1.29 is 4.79 Å². The van der Waals surface area contributed by atoms with Crippen LogP contribution in [0.4, 0.5) is 5.82 Å². The maximum Gasteiger partial charge on any atom is 0.230 e. The number of thioether (sulfide) groups is 1. The van der Waals surface area contributed by atoms with Crippen molar-refractivity contribution in [1.82, 2.24) is 19.9 Å². The van der Waals surface area contributed by atoms with Gasteiger partial charge in [-0.1, -0.05) is 23.9 Å². The van der Waals surface area contributed by atoms with Gasteiger partial charge in [0.05, 0.1) is 5.75 Å². The standard InChI is InChI=1S/C23H27N5OS/c1-17-11-18(2)13-20(12-17)28-10-7-24-23(28)30-16-22(29)26-15-19-5-6-21(25-14-19)27-8-3-4-9-27/h5-7,10-14H,3-4,8-9,15-16H2,1-2H3,(H,26,29). The topological polar surface area (TPSA) is 63.1 Å². The largest absolute Gasteiger partial charge is 0.357 e. The lowest BCUT2D eigenvalue weighted by Crippen LogP contribution is -2.25. The van der Waals surface area contributed by atoms with E-state index in [9.17, 15) is 4.79 Å². The summed E-state index contributed by atoms with van der Waals surface area (Å²) in [7, 11) is 0. The molecule has 1 N–H and O–H groups in total. The van der Waals surface area contributed by atoms with Gasteiger partial charge in [-0.15, -0.1) is 0 Å². The van der Waals surface area contributed by atoms with Gasteiger partial charge in [0, 0.05) is 43.9 Å². The first-order chi connectivity index (χ1) is 14.6. The number of nitrogens with one attached hydrogen (secondary N) is 1. The zero-order valence-electron chi connectivity index (χ0n) is 17.5. The Morgan fingerprint density at radius 1 is 1.10 bits per heavy atom. The molecule has 1 aliphatic rings. The first-order valence-electron chi connectivity index (χ1n) is 10.3. The van der Waals surface area contributed by atoms with Gasteiger partial charge in [-0.3, -0.25) is 9.36 Å². The average molecular weight is 422 g/mol. The molecule has 0 radical (unpaired) electrons. The predicted octanol–water partition coefficient (Wildman–Crippen LogP) is 3.89. The smallest absolute Gasteiger partial charge is 0.230 e. The minimum Gasteiger partial charge on any atom is -0.357 e. The van der Waals surface area contributed by atoms with Crippen LogP contribution in [0.1, 0.15) is 29.5 Å². The second kappa shape index (κ2) is 9.34. The van der Waals surface area contributed by atoms with Crippen molar-refractivity contribution in [2.45, 2.75) is 38.4 Å². The number of hydrogen-bond acceptors (Lipinski definition) is 5. The van der Waals surface area contributed by atoms with Crippen molar-refractivity contribution in [2.75, 3.05) is 23.7 Å². The number of imidazole rings is 1. The number of carbonyl (C=O) groups excluding carboxylic acids is 1. The van der Waals surface area contributed by atoms with Crippen LogP contribution in [0.15, 0.2) is 54.1 Å². The molecule has 0 spiro atoms. The van der Waals surface area contributed by atoms with Crippen molar-refractivity contribution in [3.05, 3.63) is 65.6 Å². The molecule has 2 aromatic heterocycles. The molecule has 3 aromatic rings. The summed E-state index contributed by atoms with van der Waals surface area (Å²) < 4.78 is 2.03. The Kier molecular flexibility index (Phi) is 6.38. The molecule has 30 heavy (non-hydrogen) atoms. The average Bonchev–Trinajstić information content (AvgIpc) is 3.42. The molecule has 1 aliphatic heterocycles. The van der Waals surface area contributed by atoms with E-state index in [-0.39, 0.29) is 5.91 Å². The van der Waals surface area contributed by atoms with E-state index in [1.165, 1.54) is 35.7 Å². The van der Waals surface area contributed by atoms with Crippen molar-refractivity contribution in [3.8, 4) is 5.69 Å². The number of hydrogen-bond donors (Lipinski definition) is 1. The third-order valence-electron chi connectivity index (χ3n) is 5.15. The molecule has 1 fully saturated rings. The lowest BCUT2D eigenvalue weighted by atomic mass is 10.1. The zero-order chi connectivity index (χ0) is 20.9. The second-order valence-corrected chi connectivity index (χ2v) is 8.65. The highest BCUT2D eigenvalue weighted by atomic mass is 32.2. The third kappa shape index (κ3) is 5.02. The SMILES string of the molecule is Cc1cc(C)cc(-n2ccnc2SCC(=O)NCc2ccc(N3CCCC3)nc2)c1. The first-order valence-corrected chi connectivity index (χ1v) is 11.3. The maximum absolute atomic E-state index is 12.3. The van der Waals surface area contributed by atoms with Gasteiger partial charge in [0.2, 0.25) is 5.91 Å². The van der Waals surface area contributed by atoms with E-state index < -0.39 is 0 Å². The molecular formula is C23H27N5OS. The fourth-order valence-electron chi connectivity index (χ4n) is 3.72. The summed E-state index contributed by atoms with van der Waals surface area (Å²) in [4.78, 5) is 23.6. The molecular weight excluding hydrogens is 394 g/mol. The predicted molar refractivity (Wildman–Crippen MR) is 121 cm³/mol. The Balaban J connectivity index is 1.30. The summed E-state index contributed by atoms with van der Waals surface area (Å²) >= 11 is 1.44. The minimum atomic E-state index is -0.0152. The van der Waals surface area contributed by atoms with Crippen molar-refractivity contribution >= 4 is 23.5 Å². The molecule has 0 atom stereocenters. The Hall–Kier alpha value is -2.80. The van der Waals surface area contributed by atoms with Gasteiger partial charge in [-0.25, -0.2) is 9.97 Å². The van der Waals surface area contributed by atoms with Crippen LogP contribution < -0.4 is 10.2 Å². The number of nitrogens with zero attached hydrogens (tertiary/aromatic N) is 4. The molecule has 1 amide bonds. The molecule has 1 saturated heterocycles. The fourth-order valence-corrected chi connectivity index (χ4v) is 4.52. The van der Waals surface area contributed by atoms with Gasteiger partial charge in [-0.2, -0.15) is 0 Å². The van der Waals surface area contributed by atoms with Crippen molar-refractivity contribution in [2.24, 2.45) is 0 Å². The highest BCUT2D eigenvalue weighted by Crippen LogP contribution is 2.22. The van der Waals surface area contributed by atoms with E-state index in [1.807, 2.05) is 29.1 Å². The van der Waals surface area contributed by atoms with Crippen molar-refractivity contribution in [3.63, 3.8) is 0 Å². The summed E-state index contributed by atoms with van der Waals surface area (Å²) in [5, 5.41) is 3.79. The van der Waals surface area contributed by atoms with E-state index in [1.54, 1.807) is 6.20 Å². The monoisotopic (exact) mass is 421 g/mol. The van der Waals surface area contributed by atoms with E-state index in [4.69, 9.17) is 0 Å². The Labute approximate surface area is 181 Å². The summed E-state index contributed by atoms with van der Waals surface area (Å²) in [6, 6.07) is 10.5. The number of aromatic nitrogens is 3. The molecule has 156 valence electrons. The maximum atomic E-state index is 12.3. The van der Waals surface area contributed by atoms with Crippen LogP contribution in [0.5, 0.6) is 0 Å². The molecule has 7 heteroatoms. The lowest BCUT2D eigenvalue weighted by molar-refractivity contribution is -0.118. The first kappa shape index (κ1) is 20.5. The number of pyridine rings is 1. The molecule has 0 aliphatic carbocycles. The molecule has 0 saturated carbocycles. The van der Waals surface area contributed by atoms with Gasteiger partial charge in [0.25, 0.3) is 0 Å². The summed E-state index contributed by atoms with van der Waals surface area (Å²) in [5.74, 6) is 1.33. The van der Waals surface area contributed by atoms with Crippen LogP contribution in [0.3, 0.4) is 0 Å². The number of amides is 1. The van der Waals surface area contributed by atoms with Crippen molar-refractivity contribution in [1.29, 1.82) is 0 Å². The molecule has 1 aromatic carbocycles. The van der Waals surface area contributed by atoms with Crippen LogP contribution >= 0.6 is 11.8 Å². The van der Waals surface area contributed by atoms with Gasteiger partial charge < -0.3 is 10.2 Å². The number of carbonyl (C=O) groups is 1. The number of rotatable bonds is 7. The molecule has 0 bridgehead atoms. The molecule has 6 nitrogen and oxygen atoms in total. The zero-order valence-corrected chi connectivity index (χ0v) is 18.3.